The molecule has 21 heavy (non-hydrogen) atoms. The molecule has 2 nitrogen and oxygen atoms in total. The Labute approximate surface area is 125 Å². The largest absolute Gasteiger partial charge is 0.393 e. The Kier molecular flexibility index (Phi) is 3.08. The molecular weight excluding hydrogens is 267 g/mol. The van der Waals surface area contributed by atoms with Crippen LogP contribution in [0.25, 0.3) is 0 Å². The van der Waals surface area contributed by atoms with E-state index in [2.05, 4.69) is 6.92 Å². The van der Waals surface area contributed by atoms with E-state index in [1.165, 1.54) is 0 Å². The number of hydrogen-bond acceptors (Lipinski definition) is 2. The van der Waals surface area contributed by atoms with Crippen molar-refractivity contribution in [2.75, 3.05) is 0 Å². The number of rotatable bonds is 0. The summed E-state index contributed by atoms with van der Waals surface area (Å²) < 4.78 is 14.2. The van der Waals surface area contributed by atoms with E-state index in [-0.39, 0.29) is 17.3 Å². The topological polar surface area (TPSA) is 37.3 Å². The van der Waals surface area contributed by atoms with E-state index >= 15 is 0 Å². The Morgan fingerprint density at radius 3 is 2.71 bits per heavy atom. The van der Waals surface area contributed by atoms with Gasteiger partial charge in [-0.1, -0.05) is 6.92 Å². The number of hydrogen-bond donors (Lipinski definition) is 1. The van der Waals surface area contributed by atoms with Crippen LogP contribution in [0.5, 0.6) is 0 Å². The second-order valence-electron chi connectivity index (χ2n) is 8.02. The number of aliphatic hydroxyl groups excluding tert-OH is 1. The lowest BCUT2D eigenvalue weighted by Crippen LogP contribution is -2.47. The van der Waals surface area contributed by atoms with Gasteiger partial charge >= 0.3 is 0 Å². The van der Waals surface area contributed by atoms with Crippen LogP contribution in [-0.2, 0) is 4.79 Å². The number of allylic oxidation sites excluding steroid dienone is 1. The summed E-state index contributed by atoms with van der Waals surface area (Å²) in [6.07, 6.45) is 7.13. The number of carbonyl (C=O) groups excluding carboxylic acids is 1. The van der Waals surface area contributed by atoms with Gasteiger partial charge in [0.25, 0.3) is 0 Å². The van der Waals surface area contributed by atoms with Crippen LogP contribution < -0.4 is 0 Å². The summed E-state index contributed by atoms with van der Waals surface area (Å²) in [5.41, 5.74) is 0.931. The average molecular weight is 292 g/mol. The zero-order valence-corrected chi connectivity index (χ0v) is 12.8. The number of Topliss-reactive ketones (excluding diaryl/α,β-unsaturated/α-hetero) is 1. The molecular formula is C18H25FO2. The smallest absolute Gasteiger partial charge is 0.191 e. The quantitative estimate of drug-likeness (QED) is 0.737. The molecule has 3 fully saturated rings. The zero-order valence-electron chi connectivity index (χ0n) is 12.8. The molecule has 0 saturated heterocycles. The van der Waals surface area contributed by atoms with E-state index in [0.29, 0.717) is 30.1 Å². The first-order valence-electron chi connectivity index (χ1n) is 8.62. The van der Waals surface area contributed by atoms with Gasteiger partial charge in [-0.25, -0.2) is 4.39 Å². The van der Waals surface area contributed by atoms with Crippen LogP contribution in [0, 0.1) is 29.1 Å². The molecule has 0 amide bonds. The molecule has 4 aliphatic carbocycles. The Morgan fingerprint density at radius 2 is 1.90 bits per heavy atom. The summed E-state index contributed by atoms with van der Waals surface area (Å²) in [6.45, 7) is 2.27. The predicted molar refractivity (Wildman–Crippen MR) is 78.2 cm³/mol. The maximum atomic E-state index is 14.2. The normalized spacial score (nSPS) is 49.7. The van der Waals surface area contributed by atoms with Crippen molar-refractivity contribution >= 4 is 5.78 Å². The Hall–Kier alpha value is -0.700. The molecule has 0 aromatic rings. The maximum absolute atomic E-state index is 14.2. The van der Waals surface area contributed by atoms with Crippen LogP contribution in [-0.4, -0.2) is 17.0 Å². The molecule has 4 aliphatic rings. The van der Waals surface area contributed by atoms with Crippen molar-refractivity contribution in [3.8, 4) is 0 Å². The van der Waals surface area contributed by atoms with Gasteiger partial charge in [0.05, 0.1) is 6.10 Å². The minimum Gasteiger partial charge on any atom is -0.393 e. The van der Waals surface area contributed by atoms with Gasteiger partial charge in [-0.3, -0.25) is 4.79 Å². The average Bonchev–Trinajstić information content (AvgIpc) is 2.78. The van der Waals surface area contributed by atoms with E-state index in [9.17, 15) is 14.3 Å². The highest BCUT2D eigenvalue weighted by Gasteiger charge is 2.56. The first-order chi connectivity index (χ1) is 10.0. The Balaban J connectivity index is 1.66. The maximum Gasteiger partial charge on any atom is 0.191 e. The third-order valence-corrected chi connectivity index (χ3v) is 7.36. The monoisotopic (exact) mass is 292 g/mol. The van der Waals surface area contributed by atoms with Gasteiger partial charge < -0.3 is 5.11 Å². The molecule has 0 aliphatic heterocycles. The van der Waals surface area contributed by atoms with E-state index < -0.39 is 5.83 Å². The van der Waals surface area contributed by atoms with E-state index in [4.69, 9.17) is 0 Å². The van der Waals surface area contributed by atoms with Crippen molar-refractivity contribution in [3.63, 3.8) is 0 Å². The second kappa shape index (κ2) is 4.65. The van der Waals surface area contributed by atoms with Crippen LogP contribution in [0.4, 0.5) is 4.39 Å². The predicted octanol–water partition coefficient (Wildman–Crippen LogP) is 3.79. The molecule has 4 rings (SSSR count). The fraction of sp³-hybridized carbons (Fsp3) is 0.833. The lowest BCUT2D eigenvalue weighted by atomic mass is 9.52. The van der Waals surface area contributed by atoms with Gasteiger partial charge in [0.2, 0.25) is 0 Å². The first-order valence-corrected chi connectivity index (χ1v) is 8.62. The van der Waals surface area contributed by atoms with Gasteiger partial charge in [0.1, 0.15) is 0 Å². The van der Waals surface area contributed by atoms with Crippen LogP contribution in [0.2, 0.25) is 0 Å². The standard InChI is InChI=1S/C18H25FO2/c1-18-9-8-11-10-4-6-15(20)17(19)13(10)3-2-12(11)14(18)5-7-16(18)21/h10-12,14,16,21H,2-9H2,1H3/t10-,11-,12-,14+,16+,18+/m1/s1. The number of halogens is 1. The first kappa shape index (κ1) is 13.9. The summed E-state index contributed by atoms with van der Waals surface area (Å²) in [5.74, 6) is 1.44. The van der Waals surface area contributed by atoms with Gasteiger partial charge in [-0.2, -0.15) is 0 Å². The van der Waals surface area contributed by atoms with Crippen LogP contribution in [0.15, 0.2) is 11.4 Å². The number of carbonyl (C=O) groups is 1. The summed E-state index contributed by atoms with van der Waals surface area (Å²) in [7, 11) is 0. The summed E-state index contributed by atoms with van der Waals surface area (Å²) in [5, 5.41) is 10.4. The minimum atomic E-state index is -0.399. The highest BCUT2D eigenvalue weighted by molar-refractivity contribution is 5.95. The Bertz CT molecular complexity index is 511. The van der Waals surface area contributed by atoms with Crippen LogP contribution in [0.3, 0.4) is 0 Å². The van der Waals surface area contributed by atoms with Crippen LogP contribution in [0.1, 0.15) is 58.3 Å². The summed E-state index contributed by atoms with van der Waals surface area (Å²) in [4.78, 5) is 11.6. The summed E-state index contributed by atoms with van der Waals surface area (Å²) >= 11 is 0. The van der Waals surface area contributed by atoms with Crippen LogP contribution >= 0.6 is 0 Å². The molecule has 0 radical (unpaired) electrons. The van der Waals surface area contributed by atoms with Gasteiger partial charge in [0, 0.05) is 6.42 Å². The molecule has 0 bridgehead atoms. The fourth-order valence-corrected chi connectivity index (χ4v) is 6.21. The molecule has 0 aromatic carbocycles. The Morgan fingerprint density at radius 1 is 1.10 bits per heavy atom. The third-order valence-electron chi connectivity index (χ3n) is 7.36. The zero-order chi connectivity index (χ0) is 14.8. The third kappa shape index (κ3) is 1.82. The number of fused-ring (bicyclic) bond motifs is 5. The number of aliphatic hydroxyl groups is 1. The SMILES string of the molecule is C[C@]12CC[C@H]3[C@@H](CCC4=C(F)C(=O)CC[C@@H]43)[C@@H]1CC[C@@H]2O. The lowest BCUT2D eigenvalue weighted by molar-refractivity contribution is -0.118. The van der Waals surface area contributed by atoms with Gasteiger partial charge in [-0.15, -0.1) is 0 Å². The highest BCUT2D eigenvalue weighted by Crippen LogP contribution is 2.62. The van der Waals surface area contributed by atoms with E-state index in [1.54, 1.807) is 0 Å². The molecule has 6 atom stereocenters. The number of ketones is 1. The van der Waals surface area contributed by atoms with Gasteiger partial charge in [-0.05, 0) is 79.6 Å². The fourth-order valence-electron chi connectivity index (χ4n) is 6.21. The molecule has 0 heterocycles. The molecule has 0 aromatic heterocycles. The van der Waals surface area contributed by atoms with Crippen molar-refractivity contribution in [1.29, 1.82) is 0 Å². The van der Waals surface area contributed by atoms with Crippen molar-refractivity contribution in [2.24, 2.45) is 29.1 Å². The van der Waals surface area contributed by atoms with Crippen molar-refractivity contribution < 1.29 is 14.3 Å². The molecule has 1 N–H and O–H groups in total. The van der Waals surface area contributed by atoms with Crippen molar-refractivity contribution in [1.82, 2.24) is 0 Å². The van der Waals surface area contributed by atoms with Crippen molar-refractivity contribution in [2.45, 2.75) is 64.4 Å². The molecule has 0 spiro atoms. The molecule has 0 unspecified atom stereocenters. The van der Waals surface area contributed by atoms with Gasteiger partial charge in [0.15, 0.2) is 11.6 Å². The van der Waals surface area contributed by atoms with E-state index in [0.717, 1.165) is 50.5 Å². The second-order valence-corrected chi connectivity index (χ2v) is 8.02. The molecule has 3 saturated carbocycles. The molecule has 116 valence electrons. The molecule has 3 heteroatoms. The van der Waals surface area contributed by atoms with E-state index in [1.807, 2.05) is 0 Å². The highest BCUT2D eigenvalue weighted by atomic mass is 19.1. The lowest BCUT2D eigenvalue weighted by Gasteiger charge is -2.53. The summed E-state index contributed by atoms with van der Waals surface area (Å²) in [6, 6.07) is 0. The van der Waals surface area contributed by atoms with Crippen molar-refractivity contribution in [3.05, 3.63) is 11.4 Å². The minimum absolute atomic E-state index is 0.0887.